The first-order valence-electron chi connectivity index (χ1n) is 1.60. The van der Waals surface area contributed by atoms with Gasteiger partial charge in [-0.05, 0) is 0 Å². The molecule has 0 spiro atoms. The lowest BCUT2D eigenvalue weighted by molar-refractivity contribution is 1.07. The van der Waals surface area contributed by atoms with Gasteiger partial charge in [-0.3, -0.25) is 0 Å². The molecule has 1 aromatic heterocycles. The molecular weight excluding hydrogens is 110 g/mol. The van der Waals surface area contributed by atoms with Crippen LogP contribution < -0.4 is 0 Å². The Bertz CT molecular complexity index is 173. The molecule has 1 aromatic rings. The van der Waals surface area contributed by atoms with Gasteiger partial charge in [-0.1, -0.05) is 11.3 Å². The molecule has 0 aromatic carbocycles. The molecule has 0 radical (unpaired) electrons. The van der Waals surface area contributed by atoms with E-state index in [0.29, 0.717) is 5.01 Å². The number of nitrogens with zero attached hydrogens (tertiary/aromatic N) is 3. The van der Waals surface area contributed by atoms with Gasteiger partial charge in [0.25, 0.3) is 0 Å². The van der Waals surface area contributed by atoms with Crippen LogP contribution >= 0.6 is 11.3 Å². The fourth-order valence-corrected chi connectivity index (χ4v) is 0.563. The first-order valence-corrected chi connectivity index (χ1v) is 2.47. The van der Waals surface area contributed by atoms with Crippen molar-refractivity contribution < 1.29 is 0 Å². The smallest absolute Gasteiger partial charge is 0.190 e. The Hall–Kier alpha value is -0.950. The van der Waals surface area contributed by atoms with Gasteiger partial charge in [0.15, 0.2) is 0 Å². The molecule has 1 heterocycles. The molecule has 0 unspecified atom stereocenters. The molecule has 0 amide bonds. The van der Waals surface area contributed by atoms with Crippen LogP contribution in [0.25, 0.3) is 0 Å². The van der Waals surface area contributed by atoms with Gasteiger partial charge in [0.05, 0.1) is 0 Å². The zero-order valence-corrected chi connectivity index (χ0v) is 4.14. The Balaban J connectivity index is 3.04. The van der Waals surface area contributed by atoms with E-state index in [1.165, 1.54) is 16.8 Å². The van der Waals surface area contributed by atoms with Crippen LogP contribution in [0.4, 0.5) is 0 Å². The maximum atomic E-state index is 8.08. The van der Waals surface area contributed by atoms with Gasteiger partial charge in [0, 0.05) is 0 Å². The van der Waals surface area contributed by atoms with Crippen LogP contribution in [-0.4, -0.2) is 10.2 Å². The van der Waals surface area contributed by atoms with E-state index in [4.69, 9.17) is 5.26 Å². The minimum Gasteiger partial charge on any atom is -0.190 e. The maximum Gasteiger partial charge on any atom is 0.217 e. The Morgan fingerprint density at radius 1 is 1.86 bits per heavy atom. The fourth-order valence-electron chi connectivity index (χ4n) is 0.222. The average molecular weight is 111 g/mol. The van der Waals surface area contributed by atoms with Crippen molar-refractivity contribution in [1.29, 1.82) is 5.26 Å². The predicted molar refractivity (Wildman–Crippen MR) is 24.6 cm³/mol. The second kappa shape index (κ2) is 1.67. The lowest BCUT2D eigenvalue weighted by Crippen LogP contribution is -1.67. The van der Waals surface area contributed by atoms with Crippen molar-refractivity contribution in [1.82, 2.24) is 10.2 Å². The quantitative estimate of drug-likeness (QED) is 0.487. The van der Waals surface area contributed by atoms with E-state index in [-0.39, 0.29) is 0 Å². The van der Waals surface area contributed by atoms with Gasteiger partial charge in [0.2, 0.25) is 5.01 Å². The monoisotopic (exact) mass is 111 g/mol. The predicted octanol–water partition coefficient (Wildman–Crippen LogP) is 0.410. The molecule has 0 atom stereocenters. The average Bonchev–Trinajstić information content (AvgIpc) is 2.14. The third kappa shape index (κ3) is 0.725. The molecule has 34 valence electrons. The number of aromatic nitrogens is 2. The van der Waals surface area contributed by atoms with Crippen LogP contribution in [0.3, 0.4) is 0 Å². The first kappa shape index (κ1) is 4.22. The van der Waals surface area contributed by atoms with Crippen molar-refractivity contribution in [2.75, 3.05) is 0 Å². The summed E-state index contributed by atoms with van der Waals surface area (Å²) in [5.41, 5.74) is 1.53. The van der Waals surface area contributed by atoms with Crippen molar-refractivity contribution in [3.63, 3.8) is 0 Å². The number of hydrogen-bond donors (Lipinski definition) is 0. The Kier molecular flexibility index (Phi) is 1.00. The fraction of sp³-hybridized carbons (Fsp3) is 0. The highest BCUT2D eigenvalue weighted by Gasteiger charge is 1.86. The van der Waals surface area contributed by atoms with E-state index in [0.717, 1.165) is 0 Å². The summed E-state index contributed by atoms with van der Waals surface area (Å²) < 4.78 is 0. The lowest BCUT2D eigenvalue weighted by atomic mass is 10.8. The molecule has 0 bridgehead atoms. The van der Waals surface area contributed by atoms with Crippen molar-refractivity contribution >= 4 is 11.3 Å². The van der Waals surface area contributed by atoms with E-state index >= 15 is 0 Å². The third-order valence-corrected chi connectivity index (χ3v) is 1.05. The molecule has 3 nitrogen and oxygen atoms in total. The number of nitriles is 1. The van der Waals surface area contributed by atoms with Crippen LogP contribution in [0.2, 0.25) is 0 Å². The van der Waals surface area contributed by atoms with Crippen LogP contribution in [0, 0.1) is 11.3 Å². The van der Waals surface area contributed by atoms with Crippen molar-refractivity contribution in [3.05, 3.63) is 10.5 Å². The van der Waals surface area contributed by atoms with Crippen LogP contribution in [0.1, 0.15) is 5.01 Å². The molecular formula is C3HN3S. The summed E-state index contributed by atoms with van der Waals surface area (Å²) in [6.45, 7) is 0. The molecule has 0 saturated carbocycles. The normalized spacial score (nSPS) is 7.86. The number of hydrogen-bond acceptors (Lipinski definition) is 4. The van der Waals surface area contributed by atoms with Crippen molar-refractivity contribution in [2.45, 2.75) is 0 Å². The standard InChI is InChI=1S/C3HN3S/c4-1-3-6-5-2-7-3/h2H. The van der Waals surface area contributed by atoms with Gasteiger partial charge < -0.3 is 0 Å². The summed E-state index contributed by atoms with van der Waals surface area (Å²) in [6, 6.07) is 1.85. The largest absolute Gasteiger partial charge is 0.217 e. The highest BCUT2D eigenvalue weighted by atomic mass is 32.1. The number of rotatable bonds is 0. The molecule has 4 heteroatoms. The minimum absolute atomic E-state index is 0.417. The molecule has 7 heavy (non-hydrogen) atoms. The van der Waals surface area contributed by atoms with E-state index in [1.807, 2.05) is 6.07 Å². The van der Waals surface area contributed by atoms with E-state index in [2.05, 4.69) is 10.2 Å². The topological polar surface area (TPSA) is 49.6 Å². The second-order valence-electron chi connectivity index (χ2n) is 0.856. The molecule has 0 aliphatic rings. The summed E-state index contributed by atoms with van der Waals surface area (Å²) in [7, 11) is 0. The van der Waals surface area contributed by atoms with Gasteiger partial charge in [-0.15, -0.1) is 10.2 Å². The Labute approximate surface area is 44.2 Å². The third-order valence-electron chi connectivity index (χ3n) is 0.456. The second-order valence-corrected chi connectivity index (χ2v) is 1.69. The molecule has 0 fully saturated rings. The summed E-state index contributed by atoms with van der Waals surface area (Å²) >= 11 is 1.24. The Morgan fingerprint density at radius 3 is 3.00 bits per heavy atom. The van der Waals surface area contributed by atoms with Gasteiger partial charge >= 0.3 is 0 Å². The SMILES string of the molecule is N#Cc1nncs1. The van der Waals surface area contributed by atoms with Gasteiger partial charge in [-0.2, -0.15) is 5.26 Å². The van der Waals surface area contributed by atoms with Crippen LogP contribution in [0.5, 0.6) is 0 Å². The minimum atomic E-state index is 0.417. The maximum absolute atomic E-state index is 8.08. The highest BCUT2D eigenvalue weighted by molar-refractivity contribution is 7.09. The van der Waals surface area contributed by atoms with E-state index in [9.17, 15) is 0 Å². The van der Waals surface area contributed by atoms with E-state index in [1.54, 1.807) is 0 Å². The lowest BCUT2D eigenvalue weighted by Gasteiger charge is -1.58. The van der Waals surface area contributed by atoms with Crippen molar-refractivity contribution in [3.8, 4) is 6.07 Å². The van der Waals surface area contributed by atoms with Gasteiger partial charge in [-0.25, -0.2) is 0 Å². The zero-order chi connectivity index (χ0) is 5.11. The zero-order valence-electron chi connectivity index (χ0n) is 3.33. The molecule has 0 saturated heterocycles. The molecule has 1 rings (SSSR count). The molecule has 0 N–H and O–H groups in total. The molecule has 0 aliphatic heterocycles. The van der Waals surface area contributed by atoms with Crippen LogP contribution in [0.15, 0.2) is 5.51 Å². The van der Waals surface area contributed by atoms with Crippen LogP contribution in [-0.2, 0) is 0 Å². The summed E-state index contributed by atoms with van der Waals surface area (Å²) in [5, 5.41) is 15.4. The highest BCUT2D eigenvalue weighted by Crippen LogP contribution is 1.95. The summed E-state index contributed by atoms with van der Waals surface area (Å²) in [4.78, 5) is 0. The Morgan fingerprint density at radius 2 is 2.71 bits per heavy atom. The molecule has 0 aliphatic carbocycles. The van der Waals surface area contributed by atoms with E-state index < -0.39 is 0 Å². The van der Waals surface area contributed by atoms with Gasteiger partial charge in [0.1, 0.15) is 11.6 Å². The summed E-state index contributed by atoms with van der Waals surface area (Å²) in [6.07, 6.45) is 0. The van der Waals surface area contributed by atoms with Crippen molar-refractivity contribution in [2.24, 2.45) is 0 Å². The summed E-state index contributed by atoms with van der Waals surface area (Å²) in [5.74, 6) is 0. The first-order chi connectivity index (χ1) is 3.43.